The number of hydrogen-bond donors (Lipinski definition) is 0. The van der Waals surface area contributed by atoms with Gasteiger partial charge in [-0.3, -0.25) is 9.48 Å². The summed E-state index contributed by atoms with van der Waals surface area (Å²) in [7, 11) is 1.79. The van der Waals surface area contributed by atoms with E-state index in [1.807, 2.05) is 24.3 Å². The summed E-state index contributed by atoms with van der Waals surface area (Å²) in [4.78, 5) is 12.1. The highest BCUT2D eigenvalue weighted by Gasteiger charge is 2.16. The normalized spacial score (nSPS) is 17.7. The van der Waals surface area contributed by atoms with Crippen molar-refractivity contribution in [3.05, 3.63) is 53.9 Å². The molecule has 23 heavy (non-hydrogen) atoms. The van der Waals surface area contributed by atoms with Gasteiger partial charge in [0.1, 0.15) is 12.4 Å². The van der Waals surface area contributed by atoms with Gasteiger partial charge in [-0.05, 0) is 31.1 Å². The summed E-state index contributed by atoms with van der Waals surface area (Å²) >= 11 is 0. The molecule has 0 aliphatic carbocycles. The summed E-state index contributed by atoms with van der Waals surface area (Å²) in [5, 5.41) is 4.01. The van der Waals surface area contributed by atoms with Crippen molar-refractivity contribution in [1.82, 2.24) is 9.78 Å². The molecule has 1 aromatic carbocycles. The van der Waals surface area contributed by atoms with E-state index in [0.717, 1.165) is 30.8 Å². The monoisotopic (exact) mass is 312 g/mol. The predicted molar refractivity (Wildman–Crippen MR) is 87.5 cm³/mol. The summed E-state index contributed by atoms with van der Waals surface area (Å²) in [5.41, 5.74) is 1.45. The van der Waals surface area contributed by atoms with Crippen LogP contribution in [0.15, 0.2) is 42.7 Å². The van der Waals surface area contributed by atoms with E-state index < -0.39 is 0 Å². The molecule has 0 saturated carbocycles. The molecular weight excluding hydrogens is 292 g/mol. The number of hydrogen-bond acceptors (Lipinski definition) is 4. The van der Waals surface area contributed by atoms with Crippen molar-refractivity contribution in [2.75, 3.05) is 13.2 Å². The third-order valence-electron chi connectivity index (χ3n) is 3.77. The van der Waals surface area contributed by atoms with E-state index >= 15 is 0 Å². The van der Waals surface area contributed by atoms with Gasteiger partial charge in [-0.25, -0.2) is 0 Å². The van der Waals surface area contributed by atoms with Gasteiger partial charge in [-0.1, -0.05) is 18.2 Å². The van der Waals surface area contributed by atoms with Crippen LogP contribution in [-0.4, -0.2) is 34.9 Å². The number of ether oxygens (including phenoxy) is 2. The third kappa shape index (κ3) is 4.07. The number of rotatable bonds is 6. The Morgan fingerprint density at radius 3 is 3.09 bits per heavy atom. The lowest BCUT2D eigenvalue weighted by atomic mass is 10.1. The summed E-state index contributed by atoms with van der Waals surface area (Å²) in [6, 6.07) is 7.68. The van der Waals surface area contributed by atoms with Crippen molar-refractivity contribution in [2.24, 2.45) is 7.05 Å². The molecule has 3 rings (SSSR count). The molecule has 1 atom stereocenters. The lowest BCUT2D eigenvalue weighted by Crippen LogP contribution is -2.16. The van der Waals surface area contributed by atoms with E-state index in [1.165, 1.54) is 0 Å². The Kier molecular flexibility index (Phi) is 4.88. The number of aryl methyl sites for hydroxylation is 1. The molecule has 2 heterocycles. The summed E-state index contributed by atoms with van der Waals surface area (Å²) in [6.45, 7) is 1.36. The summed E-state index contributed by atoms with van der Waals surface area (Å²) < 4.78 is 13.0. The van der Waals surface area contributed by atoms with Gasteiger partial charge in [0.15, 0.2) is 5.78 Å². The SMILES string of the molecule is Cn1cc(C(=O)/C=C/c2ccccc2OCC2CCCO2)cn1. The number of para-hydroxylation sites is 1. The Bertz CT molecular complexity index is 700. The minimum absolute atomic E-state index is 0.0768. The fraction of sp³-hybridized carbons (Fsp3) is 0.333. The Labute approximate surface area is 135 Å². The second kappa shape index (κ2) is 7.24. The van der Waals surface area contributed by atoms with Crippen LogP contribution >= 0.6 is 0 Å². The zero-order valence-corrected chi connectivity index (χ0v) is 13.1. The Morgan fingerprint density at radius 2 is 2.35 bits per heavy atom. The third-order valence-corrected chi connectivity index (χ3v) is 3.77. The number of nitrogens with zero attached hydrogens (tertiary/aromatic N) is 2. The smallest absolute Gasteiger partial charge is 0.189 e. The predicted octanol–water partition coefficient (Wildman–Crippen LogP) is 2.87. The van der Waals surface area contributed by atoms with Crippen LogP contribution in [0, 0.1) is 0 Å². The highest BCUT2D eigenvalue weighted by atomic mass is 16.5. The second-order valence-corrected chi connectivity index (χ2v) is 5.58. The molecule has 0 radical (unpaired) electrons. The van der Waals surface area contributed by atoms with Crippen LogP contribution in [0.3, 0.4) is 0 Å². The van der Waals surface area contributed by atoms with E-state index in [2.05, 4.69) is 5.10 Å². The first-order valence-corrected chi connectivity index (χ1v) is 7.77. The van der Waals surface area contributed by atoms with Crippen LogP contribution in [-0.2, 0) is 11.8 Å². The first-order chi connectivity index (χ1) is 11.2. The van der Waals surface area contributed by atoms with Gasteiger partial charge < -0.3 is 9.47 Å². The number of allylic oxidation sites excluding steroid dienone is 1. The Hall–Kier alpha value is -2.40. The second-order valence-electron chi connectivity index (χ2n) is 5.58. The topological polar surface area (TPSA) is 53.4 Å². The van der Waals surface area contributed by atoms with Gasteiger partial charge in [0.2, 0.25) is 0 Å². The van der Waals surface area contributed by atoms with Crippen molar-refractivity contribution in [2.45, 2.75) is 18.9 Å². The van der Waals surface area contributed by atoms with E-state index in [-0.39, 0.29) is 11.9 Å². The van der Waals surface area contributed by atoms with E-state index in [0.29, 0.717) is 12.2 Å². The van der Waals surface area contributed by atoms with Gasteiger partial charge in [-0.2, -0.15) is 5.10 Å². The molecule has 1 saturated heterocycles. The molecule has 0 amide bonds. The largest absolute Gasteiger partial charge is 0.490 e. The fourth-order valence-corrected chi connectivity index (χ4v) is 2.52. The number of aromatic nitrogens is 2. The molecule has 1 unspecified atom stereocenters. The van der Waals surface area contributed by atoms with Gasteiger partial charge >= 0.3 is 0 Å². The number of ketones is 1. The van der Waals surface area contributed by atoms with Crippen molar-refractivity contribution >= 4 is 11.9 Å². The molecule has 5 heteroatoms. The quantitative estimate of drug-likeness (QED) is 0.608. The first kappa shape index (κ1) is 15.5. The van der Waals surface area contributed by atoms with Crippen molar-refractivity contribution in [3.63, 3.8) is 0 Å². The maximum absolute atomic E-state index is 12.1. The van der Waals surface area contributed by atoms with Gasteiger partial charge in [0.25, 0.3) is 0 Å². The van der Waals surface area contributed by atoms with Crippen LogP contribution in [0.2, 0.25) is 0 Å². The van der Waals surface area contributed by atoms with E-state index in [1.54, 1.807) is 36.3 Å². The zero-order chi connectivity index (χ0) is 16.1. The molecule has 0 spiro atoms. The molecule has 2 aromatic rings. The average molecular weight is 312 g/mol. The lowest BCUT2D eigenvalue weighted by Gasteiger charge is -2.13. The van der Waals surface area contributed by atoms with Crippen LogP contribution in [0.5, 0.6) is 5.75 Å². The fourth-order valence-electron chi connectivity index (χ4n) is 2.52. The molecule has 0 N–H and O–H groups in total. The van der Waals surface area contributed by atoms with Gasteiger partial charge in [-0.15, -0.1) is 0 Å². The molecular formula is C18H20N2O3. The van der Waals surface area contributed by atoms with Gasteiger partial charge in [0, 0.05) is 25.4 Å². The molecule has 1 aromatic heterocycles. The molecule has 1 aliphatic heterocycles. The maximum atomic E-state index is 12.1. The molecule has 1 fully saturated rings. The Balaban J connectivity index is 1.67. The minimum Gasteiger partial charge on any atom is -0.490 e. The van der Waals surface area contributed by atoms with E-state index in [9.17, 15) is 4.79 Å². The molecule has 0 bridgehead atoms. The number of carbonyl (C=O) groups excluding carboxylic acids is 1. The van der Waals surface area contributed by atoms with Crippen molar-refractivity contribution in [1.29, 1.82) is 0 Å². The van der Waals surface area contributed by atoms with Crippen molar-refractivity contribution < 1.29 is 14.3 Å². The summed E-state index contributed by atoms with van der Waals surface area (Å²) in [6.07, 6.45) is 8.89. The standard InChI is InChI=1S/C18H20N2O3/c1-20-12-15(11-19-20)17(21)9-8-14-5-2-3-7-18(14)23-13-16-6-4-10-22-16/h2-3,5,7-9,11-12,16H,4,6,10,13H2,1H3/b9-8+. The highest BCUT2D eigenvalue weighted by Crippen LogP contribution is 2.21. The lowest BCUT2D eigenvalue weighted by molar-refractivity contribution is 0.0679. The van der Waals surface area contributed by atoms with Crippen LogP contribution in [0.4, 0.5) is 0 Å². The zero-order valence-electron chi connectivity index (χ0n) is 13.1. The maximum Gasteiger partial charge on any atom is 0.189 e. The van der Waals surface area contributed by atoms with Crippen LogP contribution in [0.1, 0.15) is 28.8 Å². The van der Waals surface area contributed by atoms with Crippen LogP contribution < -0.4 is 4.74 Å². The Morgan fingerprint density at radius 1 is 1.48 bits per heavy atom. The molecule has 1 aliphatic rings. The summed E-state index contributed by atoms with van der Waals surface area (Å²) in [5.74, 6) is 0.685. The van der Waals surface area contributed by atoms with E-state index in [4.69, 9.17) is 9.47 Å². The highest BCUT2D eigenvalue weighted by molar-refractivity contribution is 6.06. The first-order valence-electron chi connectivity index (χ1n) is 7.77. The van der Waals surface area contributed by atoms with Gasteiger partial charge in [0.05, 0.1) is 17.9 Å². The minimum atomic E-state index is -0.0768. The van der Waals surface area contributed by atoms with Crippen molar-refractivity contribution in [3.8, 4) is 5.75 Å². The average Bonchev–Trinajstić information content (AvgIpc) is 3.23. The number of carbonyl (C=O) groups is 1. The molecule has 120 valence electrons. The number of benzene rings is 1. The molecule has 5 nitrogen and oxygen atoms in total. The van der Waals surface area contributed by atoms with Crippen LogP contribution in [0.25, 0.3) is 6.08 Å².